The Bertz CT molecular complexity index is 1270. The number of hydrogen-bond donors (Lipinski definition) is 3. The van der Waals surface area contributed by atoms with Gasteiger partial charge in [0, 0.05) is 6.20 Å². The van der Waals surface area contributed by atoms with Crippen molar-refractivity contribution in [2.45, 2.75) is 6.92 Å². The largest absolute Gasteiger partial charge is 0.368 e. The van der Waals surface area contributed by atoms with Gasteiger partial charge in [0.2, 0.25) is 17.8 Å². The predicted molar refractivity (Wildman–Crippen MR) is 101 cm³/mol. The lowest BCUT2D eigenvalue weighted by Crippen LogP contribution is -2.10. The van der Waals surface area contributed by atoms with Gasteiger partial charge in [0.1, 0.15) is 5.82 Å². The van der Waals surface area contributed by atoms with E-state index in [4.69, 9.17) is 5.73 Å². The van der Waals surface area contributed by atoms with Crippen molar-refractivity contribution in [1.82, 2.24) is 39.7 Å². The first-order chi connectivity index (χ1) is 13.2. The summed E-state index contributed by atoms with van der Waals surface area (Å²) < 4.78 is 1.79. The van der Waals surface area contributed by atoms with Gasteiger partial charge in [-0.25, -0.2) is 14.5 Å². The number of nitrogens with two attached hydrogens (primary N) is 1. The van der Waals surface area contributed by atoms with Crippen LogP contribution in [0.3, 0.4) is 0 Å². The Balaban J connectivity index is 1.72. The van der Waals surface area contributed by atoms with Crippen LogP contribution in [0.4, 0.5) is 17.7 Å². The molecule has 4 N–H and O–H groups in total. The lowest BCUT2D eigenvalue weighted by molar-refractivity contribution is 0.893. The zero-order valence-corrected chi connectivity index (χ0v) is 14.2. The van der Waals surface area contributed by atoms with Crippen molar-refractivity contribution in [3.05, 3.63) is 48.4 Å². The molecule has 0 aliphatic rings. The van der Waals surface area contributed by atoms with E-state index in [1.165, 1.54) is 0 Å². The maximum atomic E-state index is 5.83. The van der Waals surface area contributed by atoms with E-state index >= 15 is 0 Å². The fourth-order valence-corrected chi connectivity index (χ4v) is 2.96. The van der Waals surface area contributed by atoms with Crippen LogP contribution >= 0.6 is 0 Å². The van der Waals surface area contributed by atoms with Crippen LogP contribution < -0.4 is 11.1 Å². The smallest absolute Gasteiger partial charge is 0.242 e. The van der Waals surface area contributed by atoms with E-state index in [2.05, 4.69) is 40.4 Å². The summed E-state index contributed by atoms with van der Waals surface area (Å²) in [6.45, 7) is 1.76. The van der Waals surface area contributed by atoms with Crippen molar-refractivity contribution < 1.29 is 0 Å². The standard InChI is InChI=1S/C17H14N10/c1-9-20-15(18)24-16(21-9)27-12-7-3-2-6-11(12)22-17(27)23-14-10-5-4-8-19-13(10)25-26-14/h2-8H,1H3,(H2,18,20,21,24)(H2,19,22,23,25,26). The molecule has 132 valence electrons. The SMILES string of the molecule is Cc1nc(N)nc(-n2c(Nc3n[nH]c4ncccc34)nc3ccccc32)n1. The fourth-order valence-electron chi connectivity index (χ4n) is 2.96. The Labute approximate surface area is 152 Å². The van der Waals surface area contributed by atoms with Gasteiger partial charge >= 0.3 is 0 Å². The van der Waals surface area contributed by atoms with Crippen molar-refractivity contribution in [2.24, 2.45) is 0 Å². The highest BCUT2D eigenvalue weighted by atomic mass is 15.3. The first kappa shape index (κ1) is 15.2. The first-order valence-electron chi connectivity index (χ1n) is 8.21. The normalized spacial score (nSPS) is 11.3. The number of imidazole rings is 1. The van der Waals surface area contributed by atoms with E-state index in [0.29, 0.717) is 29.2 Å². The summed E-state index contributed by atoms with van der Waals surface area (Å²) in [4.78, 5) is 21.7. The van der Waals surface area contributed by atoms with Crippen LogP contribution in [0.5, 0.6) is 0 Å². The molecule has 0 fully saturated rings. The number of hydrogen-bond acceptors (Lipinski definition) is 8. The van der Waals surface area contributed by atoms with E-state index in [1.807, 2.05) is 36.4 Å². The van der Waals surface area contributed by atoms with E-state index in [0.717, 1.165) is 16.4 Å². The van der Waals surface area contributed by atoms with Gasteiger partial charge in [0.25, 0.3) is 0 Å². The van der Waals surface area contributed by atoms with Crippen LogP contribution in [0, 0.1) is 6.92 Å². The number of aromatic amines is 1. The summed E-state index contributed by atoms with van der Waals surface area (Å²) in [5.41, 5.74) is 8.13. The maximum absolute atomic E-state index is 5.83. The number of nitrogens with one attached hydrogen (secondary N) is 2. The number of fused-ring (bicyclic) bond motifs is 2. The maximum Gasteiger partial charge on any atom is 0.242 e. The minimum absolute atomic E-state index is 0.149. The predicted octanol–water partition coefficient (Wildman–Crippen LogP) is 2.12. The third kappa shape index (κ3) is 2.51. The highest BCUT2D eigenvalue weighted by Gasteiger charge is 2.17. The van der Waals surface area contributed by atoms with Gasteiger partial charge in [-0.2, -0.15) is 20.1 Å². The zero-order chi connectivity index (χ0) is 18.4. The number of para-hydroxylation sites is 2. The van der Waals surface area contributed by atoms with Gasteiger partial charge < -0.3 is 11.1 Å². The Morgan fingerprint density at radius 1 is 1.04 bits per heavy atom. The average Bonchev–Trinajstić information content (AvgIpc) is 3.22. The average molecular weight is 358 g/mol. The van der Waals surface area contributed by atoms with E-state index in [-0.39, 0.29) is 5.95 Å². The Morgan fingerprint density at radius 2 is 1.93 bits per heavy atom. The van der Waals surface area contributed by atoms with E-state index in [9.17, 15) is 0 Å². The van der Waals surface area contributed by atoms with Crippen molar-refractivity contribution in [2.75, 3.05) is 11.1 Å². The van der Waals surface area contributed by atoms with Gasteiger partial charge in [-0.05, 0) is 31.2 Å². The van der Waals surface area contributed by atoms with Gasteiger partial charge in [0.05, 0.1) is 16.4 Å². The number of aromatic nitrogens is 8. The molecule has 1 aromatic carbocycles. The molecule has 0 saturated carbocycles. The molecule has 5 aromatic rings. The number of benzene rings is 1. The molecule has 0 spiro atoms. The number of nitrogens with zero attached hydrogens (tertiary/aromatic N) is 7. The van der Waals surface area contributed by atoms with Crippen molar-refractivity contribution >= 4 is 39.8 Å². The number of aryl methyl sites for hydroxylation is 1. The van der Waals surface area contributed by atoms with Crippen LogP contribution in [0.1, 0.15) is 5.82 Å². The molecule has 0 radical (unpaired) electrons. The van der Waals surface area contributed by atoms with Crippen molar-refractivity contribution in [3.8, 4) is 5.95 Å². The number of nitrogen functional groups attached to an aromatic ring is 1. The summed E-state index contributed by atoms with van der Waals surface area (Å²) in [5, 5.41) is 11.3. The number of pyridine rings is 1. The topological polar surface area (TPSA) is 136 Å². The molecular weight excluding hydrogens is 344 g/mol. The first-order valence-corrected chi connectivity index (χ1v) is 8.21. The summed E-state index contributed by atoms with van der Waals surface area (Å²) in [7, 11) is 0. The number of rotatable bonds is 3. The zero-order valence-electron chi connectivity index (χ0n) is 14.2. The molecule has 0 aliphatic heterocycles. The van der Waals surface area contributed by atoms with Crippen LogP contribution in [0.15, 0.2) is 42.6 Å². The highest BCUT2D eigenvalue weighted by molar-refractivity contribution is 5.89. The molecule has 0 unspecified atom stereocenters. The summed E-state index contributed by atoms with van der Waals surface area (Å²) >= 11 is 0. The minimum atomic E-state index is 0.149. The molecular formula is C17H14N10. The summed E-state index contributed by atoms with van der Waals surface area (Å²) in [6, 6.07) is 11.5. The quantitative estimate of drug-likeness (QED) is 0.446. The van der Waals surface area contributed by atoms with Gasteiger partial charge in [-0.3, -0.25) is 5.10 Å². The Morgan fingerprint density at radius 3 is 2.81 bits per heavy atom. The molecule has 0 atom stereocenters. The van der Waals surface area contributed by atoms with Crippen LogP contribution in [0.2, 0.25) is 0 Å². The molecule has 0 aliphatic carbocycles. The molecule has 0 saturated heterocycles. The monoisotopic (exact) mass is 358 g/mol. The third-order valence-electron chi connectivity index (χ3n) is 4.08. The molecule has 10 nitrogen and oxygen atoms in total. The second-order valence-corrected chi connectivity index (χ2v) is 5.90. The second-order valence-electron chi connectivity index (χ2n) is 5.90. The van der Waals surface area contributed by atoms with E-state index in [1.54, 1.807) is 17.7 Å². The minimum Gasteiger partial charge on any atom is -0.368 e. The molecule has 0 bridgehead atoms. The molecule has 27 heavy (non-hydrogen) atoms. The summed E-state index contributed by atoms with van der Waals surface area (Å²) in [6.07, 6.45) is 1.70. The lowest BCUT2D eigenvalue weighted by atomic mass is 10.3. The lowest BCUT2D eigenvalue weighted by Gasteiger charge is -2.09. The molecule has 4 aromatic heterocycles. The van der Waals surface area contributed by atoms with Gasteiger partial charge in [-0.1, -0.05) is 12.1 Å². The second kappa shape index (κ2) is 5.73. The van der Waals surface area contributed by atoms with Gasteiger partial charge in [-0.15, -0.1) is 0 Å². The van der Waals surface area contributed by atoms with Crippen LogP contribution in [0.25, 0.3) is 28.0 Å². The van der Waals surface area contributed by atoms with Crippen molar-refractivity contribution in [1.29, 1.82) is 0 Å². The molecule has 10 heteroatoms. The van der Waals surface area contributed by atoms with Crippen LogP contribution in [-0.2, 0) is 0 Å². The van der Waals surface area contributed by atoms with Crippen molar-refractivity contribution in [3.63, 3.8) is 0 Å². The fraction of sp³-hybridized carbons (Fsp3) is 0.0588. The Kier molecular flexibility index (Phi) is 3.22. The summed E-state index contributed by atoms with van der Waals surface area (Å²) in [5.74, 6) is 2.17. The van der Waals surface area contributed by atoms with Crippen LogP contribution in [-0.4, -0.2) is 39.7 Å². The van der Waals surface area contributed by atoms with Gasteiger partial charge in [0.15, 0.2) is 11.5 Å². The molecule has 4 heterocycles. The number of anilines is 3. The van der Waals surface area contributed by atoms with E-state index < -0.39 is 0 Å². The highest BCUT2D eigenvalue weighted by Crippen LogP contribution is 2.27. The third-order valence-corrected chi connectivity index (χ3v) is 4.08. The number of H-pyrrole nitrogens is 1. The molecule has 5 rings (SSSR count). The Hall–Kier alpha value is -4.08. The molecule has 0 amide bonds.